The van der Waals surface area contributed by atoms with Gasteiger partial charge in [-0.3, -0.25) is 4.90 Å². The van der Waals surface area contributed by atoms with E-state index in [1.807, 2.05) is 0 Å². The summed E-state index contributed by atoms with van der Waals surface area (Å²) in [5.74, 6) is 0. The largest absolute Gasteiger partial charge is 0.364 e. The number of benzene rings is 2. The molecular weight excluding hydrogens is 394 g/mol. The third-order valence-corrected chi connectivity index (χ3v) is 7.95. The lowest BCUT2D eigenvalue weighted by Gasteiger charge is -2.44. The molecule has 1 heterocycles. The SMILES string of the molecule is CS(=O)(=O)N1CCN([C@H]2CC[C@H](N(Cc3ccccc3)c3ccccc3)CC2)CC1. The lowest BCUT2D eigenvalue weighted by atomic mass is 9.88. The van der Waals surface area contributed by atoms with Crippen molar-refractivity contribution in [3.63, 3.8) is 0 Å². The Labute approximate surface area is 181 Å². The van der Waals surface area contributed by atoms with Crippen molar-refractivity contribution in [1.82, 2.24) is 9.21 Å². The normalized spacial score (nSPS) is 23.9. The minimum atomic E-state index is -3.06. The summed E-state index contributed by atoms with van der Waals surface area (Å²) in [5, 5.41) is 0. The molecule has 1 saturated carbocycles. The summed E-state index contributed by atoms with van der Waals surface area (Å²) in [6.45, 7) is 3.91. The van der Waals surface area contributed by atoms with Gasteiger partial charge in [-0.2, -0.15) is 4.31 Å². The summed E-state index contributed by atoms with van der Waals surface area (Å²) in [7, 11) is -3.06. The van der Waals surface area contributed by atoms with Crippen LogP contribution >= 0.6 is 0 Å². The van der Waals surface area contributed by atoms with E-state index in [1.165, 1.54) is 43.2 Å². The van der Waals surface area contributed by atoms with E-state index in [0.717, 1.165) is 19.6 Å². The Bertz CT molecular complexity index is 889. The van der Waals surface area contributed by atoms with Crippen LogP contribution in [0, 0.1) is 0 Å². The fourth-order valence-electron chi connectivity index (χ4n) is 4.97. The average molecular weight is 428 g/mol. The van der Waals surface area contributed by atoms with Gasteiger partial charge in [0.25, 0.3) is 0 Å². The van der Waals surface area contributed by atoms with Gasteiger partial charge in [0.2, 0.25) is 10.0 Å². The molecule has 2 aromatic rings. The molecule has 0 radical (unpaired) electrons. The van der Waals surface area contributed by atoms with Gasteiger partial charge in [0.05, 0.1) is 6.26 Å². The Morgan fingerprint density at radius 3 is 1.97 bits per heavy atom. The average Bonchev–Trinajstić information content (AvgIpc) is 2.78. The topological polar surface area (TPSA) is 43.9 Å². The Kier molecular flexibility index (Phi) is 6.76. The number of piperazine rings is 1. The first-order valence-electron chi connectivity index (χ1n) is 11.1. The van der Waals surface area contributed by atoms with E-state index in [1.54, 1.807) is 4.31 Å². The van der Waals surface area contributed by atoms with Gasteiger partial charge < -0.3 is 4.90 Å². The van der Waals surface area contributed by atoms with Crippen LogP contribution in [0.15, 0.2) is 60.7 Å². The first-order valence-corrected chi connectivity index (χ1v) is 12.9. The summed E-state index contributed by atoms with van der Waals surface area (Å²) < 4.78 is 25.2. The molecule has 5 nitrogen and oxygen atoms in total. The molecule has 0 spiro atoms. The fourth-order valence-corrected chi connectivity index (χ4v) is 5.79. The Morgan fingerprint density at radius 1 is 0.833 bits per heavy atom. The lowest BCUT2D eigenvalue weighted by molar-refractivity contribution is 0.106. The van der Waals surface area contributed by atoms with Crippen molar-refractivity contribution in [3.8, 4) is 0 Å². The quantitative estimate of drug-likeness (QED) is 0.707. The molecule has 1 saturated heterocycles. The molecule has 0 amide bonds. The van der Waals surface area contributed by atoms with Gasteiger partial charge in [0.15, 0.2) is 0 Å². The van der Waals surface area contributed by atoms with Gasteiger partial charge in [0.1, 0.15) is 0 Å². The van der Waals surface area contributed by atoms with Gasteiger partial charge in [-0.25, -0.2) is 8.42 Å². The van der Waals surface area contributed by atoms with Crippen molar-refractivity contribution in [2.45, 2.75) is 44.3 Å². The van der Waals surface area contributed by atoms with Crippen LogP contribution in [0.5, 0.6) is 0 Å². The van der Waals surface area contributed by atoms with E-state index < -0.39 is 10.0 Å². The number of rotatable bonds is 6. The zero-order chi connectivity index (χ0) is 21.0. The first kappa shape index (κ1) is 21.3. The summed E-state index contributed by atoms with van der Waals surface area (Å²) in [6, 6.07) is 22.6. The van der Waals surface area contributed by atoms with Crippen molar-refractivity contribution in [1.29, 1.82) is 0 Å². The Morgan fingerprint density at radius 2 is 1.40 bits per heavy atom. The first-order chi connectivity index (χ1) is 14.5. The highest BCUT2D eigenvalue weighted by molar-refractivity contribution is 7.88. The summed E-state index contributed by atoms with van der Waals surface area (Å²) >= 11 is 0. The number of sulfonamides is 1. The molecule has 2 aliphatic rings. The maximum atomic E-state index is 11.8. The van der Waals surface area contributed by atoms with Crippen LogP contribution in [-0.2, 0) is 16.6 Å². The second-order valence-electron chi connectivity index (χ2n) is 8.61. The van der Waals surface area contributed by atoms with E-state index in [-0.39, 0.29) is 0 Å². The van der Waals surface area contributed by atoms with E-state index in [0.29, 0.717) is 25.2 Å². The van der Waals surface area contributed by atoms with Crippen molar-refractivity contribution in [2.24, 2.45) is 0 Å². The highest BCUT2D eigenvalue weighted by Crippen LogP contribution is 2.31. The molecule has 0 atom stereocenters. The Balaban J connectivity index is 1.38. The van der Waals surface area contributed by atoms with Crippen molar-refractivity contribution in [3.05, 3.63) is 66.2 Å². The molecule has 4 rings (SSSR count). The van der Waals surface area contributed by atoms with Crippen molar-refractivity contribution >= 4 is 15.7 Å². The van der Waals surface area contributed by atoms with Gasteiger partial charge in [-0.1, -0.05) is 48.5 Å². The second kappa shape index (κ2) is 9.50. The summed E-state index contributed by atoms with van der Waals surface area (Å²) in [5.41, 5.74) is 2.65. The minimum absolute atomic E-state index is 0.543. The van der Waals surface area contributed by atoms with E-state index in [2.05, 4.69) is 70.5 Å². The molecule has 2 aromatic carbocycles. The zero-order valence-electron chi connectivity index (χ0n) is 17.9. The molecule has 2 fully saturated rings. The smallest absolute Gasteiger partial charge is 0.211 e. The van der Waals surface area contributed by atoms with Crippen LogP contribution in [0.3, 0.4) is 0 Å². The fraction of sp³-hybridized carbons (Fsp3) is 0.500. The molecule has 0 N–H and O–H groups in total. The number of para-hydroxylation sites is 1. The molecule has 0 unspecified atom stereocenters. The molecule has 1 aliphatic heterocycles. The van der Waals surface area contributed by atoms with Gasteiger partial charge in [-0.05, 0) is 43.4 Å². The van der Waals surface area contributed by atoms with Crippen molar-refractivity contribution < 1.29 is 8.42 Å². The highest BCUT2D eigenvalue weighted by atomic mass is 32.2. The zero-order valence-corrected chi connectivity index (χ0v) is 18.7. The predicted molar refractivity (Wildman–Crippen MR) is 123 cm³/mol. The maximum Gasteiger partial charge on any atom is 0.211 e. The predicted octanol–water partition coefficient (Wildman–Crippen LogP) is 3.58. The van der Waals surface area contributed by atoms with Crippen LogP contribution in [-0.4, -0.2) is 62.1 Å². The molecule has 30 heavy (non-hydrogen) atoms. The number of hydrogen-bond donors (Lipinski definition) is 0. The lowest BCUT2D eigenvalue weighted by Crippen LogP contribution is -2.53. The molecular formula is C24H33N3O2S. The molecule has 6 heteroatoms. The monoisotopic (exact) mass is 427 g/mol. The van der Waals surface area contributed by atoms with Crippen LogP contribution in [0.2, 0.25) is 0 Å². The standard InChI is InChI=1S/C24H33N3O2S/c1-30(28,29)26-18-16-25(17-19-26)22-12-14-24(15-13-22)27(23-10-6-3-7-11-23)20-21-8-4-2-5-9-21/h2-11,22,24H,12-20H2,1H3/t22-,24-. The number of nitrogens with zero attached hydrogens (tertiary/aromatic N) is 3. The summed E-state index contributed by atoms with van der Waals surface area (Å²) in [4.78, 5) is 5.09. The van der Waals surface area contributed by atoms with Gasteiger partial charge in [-0.15, -0.1) is 0 Å². The third kappa shape index (κ3) is 5.23. The minimum Gasteiger partial charge on any atom is -0.364 e. The summed E-state index contributed by atoms with van der Waals surface area (Å²) in [6.07, 6.45) is 6.04. The number of anilines is 1. The van der Waals surface area contributed by atoms with Crippen LogP contribution in [0.1, 0.15) is 31.2 Å². The third-order valence-electron chi connectivity index (χ3n) is 6.65. The van der Waals surface area contributed by atoms with Gasteiger partial charge in [0, 0.05) is 50.5 Å². The second-order valence-corrected chi connectivity index (χ2v) is 10.6. The molecule has 0 bridgehead atoms. The molecule has 0 aromatic heterocycles. The molecule has 1 aliphatic carbocycles. The van der Waals surface area contributed by atoms with Crippen LogP contribution in [0.25, 0.3) is 0 Å². The number of hydrogen-bond acceptors (Lipinski definition) is 4. The Hall–Kier alpha value is -1.89. The maximum absolute atomic E-state index is 11.8. The van der Waals surface area contributed by atoms with Crippen LogP contribution < -0.4 is 4.90 Å². The van der Waals surface area contributed by atoms with E-state index in [4.69, 9.17) is 0 Å². The van der Waals surface area contributed by atoms with Crippen molar-refractivity contribution in [2.75, 3.05) is 37.3 Å². The van der Waals surface area contributed by atoms with Gasteiger partial charge >= 0.3 is 0 Å². The molecule has 162 valence electrons. The van der Waals surface area contributed by atoms with E-state index >= 15 is 0 Å². The van der Waals surface area contributed by atoms with Crippen LogP contribution in [0.4, 0.5) is 5.69 Å². The van der Waals surface area contributed by atoms with E-state index in [9.17, 15) is 8.42 Å². The highest BCUT2D eigenvalue weighted by Gasteiger charge is 2.32.